The van der Waals surface area contributed by atoms with Gasteiger partial charge >= 0.3 is 12.1 Å². The highest BCUT2D eigenvalue weighted by molar-refractivity contribution is 5.97. The summed E-state index contributed by atoms with van der Waals surface area (Å²) in [4.78, 5) is 25.5. The van der Waals surface area contributed by atoms with Crippen molar-refractivity contribution in [1.29, 1.82) is 0 Å². The van der Waals surface area contributed by atoms with Gasteiger partial charge in [-0.05, 0) is 41.5 Å². The summed E-state index contributed by atoms with van der Waals surface area (Å²) >= 11 is 0. The number of nitrogens with zero attached hydrogens (tertiary/aromatic N) is 1. The Morgan fingerprint density at radius 3 is 2.38 bits per heavy atom. The molecule has 3 aromatic rings. The molecule has 1 N–H and O–H groups in total. The Morgan fingerprint density at radius 1 is 0.969 bits per heavy atom. The molecule has 0 unspecified atom stereocenters. The van der Waals surface area contributed by atoms with Gasteiger partial charge in [0, 0.05) is 17.7 Å². The molecular formula is C24H20F3NO4. The molecule has 166 valence electrons. The largest absolute Gasteiger partial charge is 0.496 e. The molecule has 0 aliphatic rings. The average Bonchev–Trinajstić information content (AvgIpc) is 2.77. The maximum Gasteiger partial charge on any atom is 0.416 e. The summed E-state index contributed by atoms with van der Waals surface area (Å²) in [6, 6.07) is 18.3. The second-order valence-electron chi connectivity index (χ2n) is 7.03. The quantitative estimate of drug-likeness (QED) is 0.551. The standard InChI is InChI=1S/C24H20F3NO4/c1-32-21-11-3-2-10-20(21)17-7-5-8-18(13-17)23(31)28(15-22(29)30)14-16-6-4-9-19(12-16)24(25,26)27/h2-13H,14-15H2,1H3,(H,29,30). The van der Waals surface area contributed by atoms with Crippen molar-refractivity contribution in [2.75, 3.05) is 13.7 Å². The molecule has 0 atom stereocenters. The third-order valence-corrected chi connectivity index (χ3v) is 4.77. The fourth-order valence-electron chi connectivity index (χ4n) is 3.31. The van der Waals surface area contributed by atoms with E-state index in [9.17, 15) is 27.9 Å². The van der Waals surface area contributed by atoms with E-state index in [4.69, 9.17) is 4.74 Å². The van der Waals surface area contributed by atoms with Gasteiger partial charge in [0.25, 0.3) is 5.91 Å². The topological polar surface area (TPSA) is 66.8 Å². The number of hydrogen-bond donors (Lipinski definition) is 1. The summed E-state index contributed by atoms with van der Waals surface area (Å²) in [5.74, 6) is -1.28. The number of carbonyl (C=O) groups is 2. The van der Waals surface area contributed by atoms with Crippen molar-refractivity contribution in [3.8, 4) is 16.9 Å². The van der Waals surface area contributed by atoms with Gasteiger partial charge in [-0.25, -0.2) is 0 Å². The lowest BCUT2D eigenvalue weighted by Gasteiger charge is -2.22. The molecule has 0 fully saturated rings. The Kier molecular flexibility index (Phi) is 6.82. The van der Waals surface area contributed by atoms with Gasteiger partial charge in [0.05, 0.1) is 12.7 Å². The zero-order valence-corrected chi connectivity index (χ0v) is 17.1. The molecule has 5 nitrogen and oxygen atoms in total. The number of alkyl halides is 3. The van der Waals surface area contributed by atoms with Crippen LogP contribution in [0.4, 0.5) is 13.2 Å². The van der Waals surface area contributed by atoms with Crippen LogP contribution in [0.5, 0.6) is 5.75 Å². The van der Waals surface area contributed by atoms with Crippen LogP contribution in [0.1, 0.15) is 21.5 Å². The Bertz CT molecular complexity index is 1130. The molecule has 0 aromatic heterocycles. The van der Waals surface area contributed by atoms with E-state index in [0.29, 0.717) is 11.3 Å². The molecule has 3 rings (SSSR count). The van der Waals surface area contributed by atoms with E-state index >= 15 is 0 Å². The molecule has 0 radical (unpaired) electrons. The number of aliphatic carboxylic acids is 1. The minimum absolute atomic E-state index is 0.176. The number of amides is 1. The van der Waals surface area contributed by atoms with Crippen molar-refractivity contribution in [3.05, 3.63) is 89.5 Å². The summed E-state index contributed by atoms with van der Waals surface area (Å²) in [5, 5.41) is 9.25. The van der Waals surface area contributed by atoms with Crippen LogP contribution in [0.25, 0.3) is 11.1 Å². The summed E-state index contributed by atoms with van der Waals surface area (Å²) in [6.45, 7) is -0.943. The number of benzene rings is 3. The maximum atomic E-state index is 13.1. The fourth-order valence-corrected chi connectivity index (χ4v) is 3.31. The zero-order chi connectivity index (χ0) is 23.3. The minimum Gasteiger partial charge on any atom is -0.496 e. The van der Waals surface area contributed by atoms with Crippen molar-refractivity contribution in [2.24, 2.45) is 0 Å². The van der Waals surface area contributed by atoms with Gasteiger partial charge in [0.1, 0.15) is 12.3 Å². The van der Waals surface area contributed by atoms with E-state index in [0.717, 1.165) is 22.6 Å². The molecule has 8 heteroatoms. The summed E-state index contributed by atoms with van der Waals surface area (Å²) < 4.78 is 44.4. The second kappa shape index (κ2) is 9.55. The van der Waals surface area contributed by atoms with E-state index < -0.39 is 30.2 Å². The average molecular weight is 443 g/mol. The number of carboxylic acid groups (broad SMARTS) is 1. The summed E-state index contributed by atoms with van der Waals surface area (Å²) in [5.41, 5.74) is 0.947. The molecule has 0 aliphatic carbocycles. The normalized spacial score (nSPS) is 11.1. The highest BCUT2D eigenvalue weighted by atomic mass is 19.4. The zero-order valence-electron chi connectivity index (χ0n) is 17.1. The lowest BCUT2D eigenvalue weighted by molar-refractivity contribution is -0.139. The number of hydrogen-bond acceptors (Lipinski definition) is 3. The van der Waals surface area contributed by atoms with Crippen molar-refractivity contribution in [3.63, 3.8) is 0 Å². The van der Waals surface area contributed by atoms with Crippen LogP contribution in [0.3, 0.4) is 0 Å². The molecule has 0 bridgehead atoms. The molecule has 3 aromatic carbocycles. The Labute approximate surface area is 182 Å². The van der Waals surface area contributed by atoms with E-state index in [-0.39, 0.29) is 17.7 Å². The lowest BCUT2D eigenvalue weighted by Crippen LogP contribution is -2.35. The van der Waals surface area contributed by atoms with Gasteiger partial charge in [-0.3, -0.25) is 9.59 Å². The van der Waals surface area contributed by atoms with Gasteiger partial charge in [-0.1, -0.05) is 42.5 Å². The molecular weight excluding hydrogens is 423 g/mol. The maximum absolute atomic E-state index is 13.1. The molecule has 0 saturated carbocycles. The predicted octanol–water partition coefficient (Wildman–Crippen LogP) is 5.11. The fraction of sp³-hybridized carbons (Fsp3) is 0.167. The molecule has 1 amide bonds. The lowest BCUT2D eigenvalue weighted by atomic mass is 10.0. The number of methoxy groups -OCH3 is 1. The second-order valence-corrected chi connectivity index (χ2v) is 7.03. The first-order valence-electron chi connectivity index (χ1n) is 9.59. The van der Waals surface area contributed by atoms with Crippen LogP contribution in [-0.2, 0) is 17.5 Å². The van der Waals surface area contributed by atoms with E-state index in [1.807, 2.05) is 12.1 Å². The number of carbonyl (C=O) groups excluding carboxylic acids is 1. The van der Waals surface area contributed by atoms with E-state index in [1.165, 1.54) is 25.3 Å². The Hall–Kier alpha value is -3.81. The van der Waals surface area contributed by atoms with Crippen LogP contribution in [0.2, 0.25) is 0 Å². The van der Waals surface area contributed by atoms with Crippen LogP contribution >= 0.6 is 0 Å². The summed E-state index contributed by atoms with van der Waals surface area (Å²) in [7, 11) is 1.53. The SMILES string of the molecule is COc1ccccc1-c1cccc(C(=O)N(CC(=O)O)Cc2cccc(C(F)(F)F)c2)c1. The van der Waals surface area contributed by atoms with Crippen molar-refractivity contribution in [2.45, 2.75) is 12.7 Å². The number of halogens is 3. The van der Waals surface area contributed by atoms with Crippen molar-refractivity contribution >= 4 is 11.9 Å². The predicted molar refractivity (Wildman–Crippen MR) is 112 cm³/mol. The third kappa shape index (κ3) is 5.46. The molecule has 0 heterocycles. The first-order chi connectivity index (χ1) is 15.2. The van der Waals surface area contributed by atoms with Crippen LogP contribution in [0.15, 0.2) is 72.8 Å². The number of carboxylic acids is 1. The first kappa shape index (κ1) is 22.9. The van der Waals surface area contributed by atoms with E-state index in [2.05, 4.69) is 0 Å². The van der Waals surface area contributed by atoms with Crippen LogP contribution in [0, 0.1) is 0 Å². The van der Waals surface area contributed by atoms with Gasteiger partial charge < -0.3 is 14.7 Å². The van der Waals surface area contributed by atoms with E-state index in [1.54, 1.807) is 30.3 Å². The molecule has 0 saturated heterocycles. The Morgan fingerprint density at radius 2 is 1.69 bits per heavy atom. The number of ether oxygens (including phenoxy) is 1. The first-order valence-corrected chi connectivity index (χ1v) is 9.59. The van der Waals surface area contributed by atoms with Crippen molar-refractivity contribution in [1.82, 2.24) is 4.90 Å². The number of rotatable bonds is 7. The monoisotopic (exact) mass is 443 g/mol. The van der Waals surface area contributed by atoms with Crippen molar-refractivity contribution < 1.29 is 32.6 Å². The summed E-state index contributed by atoms with van der Waals surface area (Å²) in [6.07, 6.45) is -4.54. The Balaban J connectivity index is 1.93. The minimum atomic E-state index is -4.54. The third-order valence-electron chi connectivity index (χ3n) is 4.77. The van der Waals surface area contributed by atoms with Gasteiger partial charge in [-0.2, -0.15) is 13.2 Å². The van der Waals surface area contributed by atoms with Crippen LogP contribution in [-0.4, -0.2) is 35.5 Å². The van der Waals surface area contributed by atoms with Crippen LogP contribution < -0.4 is 4.74 Å². The van der Waals surface area contributed by atoms with Gasteiger partial charge in [0.2, 0.25) is 0 Å². The highest BCUT2D eigenvalue weighted by Crippen LogP contribution is 2.31. The smallest absolute Gasteiger partial charge is 0.416 e. The molecule has 32 heavy (non-hydrogen) atoms. The number of para-hydroxylation sites is 1. The van der Waals surface area contributed by atoms with Gasteiger partial charge in [0.15, 0.2) is 0 Å². The highest BCUT2D eigenvalue weighted by Gasteiger charge is 2.30. The molecule has 0 spiro atoms. The molecule has 0 aliphatic heterocycles. The van der Waals surface area contributed by atoms with Gasteiger partial charge in [-0.15, -0.1) is 0 Å².